The fraction of sp³-hybridized carbons (Fsp3) is 1.00. The van der Waals surface area contributed by atoms with E-state index >= 15 is 0 Å². The van der Waals surface area contributed by atoms with Crippen LogP contribution in [0, 0.1) is 5.41 Å². The molecule has 3 nitrogen and oxygen atoms in total. The highest BCUT2D eigenvalue weighted by atomic mass is 16.5. The SMILES string of the molecule is CCOC1CC(N2CCCNCCC2)C1(C)C. The lowest BCUT2D eigenvalue weighted by atomic mass is 9.63. The molecule has 0 aromatic carbocycles. The predicted octanol–water partition coefficient (Wildman–Crippen LogP) is 1.88. The van der Waals surface area contributed by atoms with E-state index in [9.17, 15) is 0 Å². The van der Waals surface area contributed by atoms with Crippen molar-refractivity contribution < 1.29 is 4.74 Å². The predicted molar refractivity (Wildman–Crippen MR) is 71.3 cm³/mol. The molecule has 0 aromatic heterocycles. The first-order valence-corrected chi connectivity index (χ1v) is 7.22. The van der Waals surface area contributed by atoms with Crippen molar-refractivity contribution in [1.82, 2.24) is 10.2 Å². The highest BCUT2D eigenvalue weighted by molar-refractivity contribution is 5.03. The summed E-state index contributed by atoms with van der Waals surface area (Å²) in [6.45, 7) is 12.6. The van der Waals surface area contributed by atoms with Gasteiger partial charge in [-0.15, -0.1) is 0 Å². The maximum absolute atomic E-state index is 5.83. The van der Waals surface area contributed by atoms with E-state index in [0.29, 0.717) is 11.5 Å². The molecule has 2 atom stereocenters. The number of rotatable bonds is 3. The summed E-state index contributed by atoms with van der Waals surface area (Å²) in [6.07, 6.45) is 4.27. The largest absolute Gasteiger partial charge is 0.378 e. The van der Waals surface area contributed by atoms with E-state index in [1.54, 1.807) is 0 Å². The van der Waals surface area contributed by atoms with Crippen LogP contribution in [0.25, 0.3) is 0 Å². The van der Waals surface area contributed by atoms with Gasteiger partial charge in [-0.2, -0.15) is 0 Å². The number of hydrogen-bond acceptors (Lipinski definition) is 3. The molecular formula is C14H28N2O. The highest BCUT2D eigenvalue weighted by Crippen LogP contribution is 2.45. The van der Waals surface area contributed by atoms with Crippen molar-refractivity contribution in [2.24, 2.45) is 5.41 Å². The normalized spacial score (nSPS) is 34.8. The Morgan fingerprint density at radius 1 is 1.24 bits per heavy atom. The zero-order chi connectivity index (χ0) is 12.3. The standard InChI is InChI=1S/C14H28N2O/c1-4-17-13-11-12(14(13,2)3)16-9-5-7-15-8-6-10-16/h12-13,15H,4-11H2,1-3H3. The zero-order valence-electron chi connectivity index (χ0n) is 11.7. The lowest BCUT2D eigenvalue weighted by molar-refractivity contribution is -0.150. The summed E-state index contributed by atoms with van der Waals surface area (Å²) < 4.78 is 5.83. The van der Waals surface area contributed by atoms with Gasteiger partial charge in [-0.3, -0.25) is 4.90 Å². The molecule has 2 fully saturated rings. The van der Waals surface area contributed by atoms with Crippen molar-refractivity contribution in [3.05, 3.63) is 0 Å². The van der Waals surface area contributed by atoms with Gasteiger partial charge in [-0.25, -0.2) is 0 Å². The van der Waals surface area contributed by atoms with Gasteiger partial charge >= 0.3 is 0 Å². The molecule has 2 unspecified atom stereocenters. The van der Waals surface area contributed by atoms with Crippen LogP contribution in [0.4, 0.5) is 0 Å². The molecule has 1 heterocycles. The second kappa shape index (κ2) is 5.68. The smallest absolute Gasteiger partial charge is 0.0655 e. The zero-order valence-corrected chi connectivity index (χ0v) is 11.7. The number of hydrogen-bond donors (Lipinski definition) is 1. The Morgan fingerprint density at radius 3 is 2.41 bits per heavy atom. The summed E-state index contributed by atoms with van der Waals surface area (Å²) in [5, 5.41) is 3.48. The Kier molecular flexibility index (Phi) is 4.45. The van der Waals surface area contributed by atoms with Crippen molar-refractivity contribution >= 4 is 0 Å². The third kappa shape index (κ3) is 2.83. The summed E-state index contributed by atoms with van der Waals surface area (Å²) >= 11 is 0. The summed E-state index contributed by atoms with van der Waals surface area (Å²) in [4.78, 5) is 2.70. The minimum Gasteiger partial charge on any atom is -0.378 e. The second-order valence-corrected chi connectivity index (χ2v) is 6.01. The van der Waals surface area contributed by atoms with Gasteiger partial charge in [0.25, 0.3) is 0 Å². The van der Waals surface area contributed by atoms with E-state index in [0.717, 1.165) is 12.6 Å². The van der Waals surface area contributed by atoms with Gasteiger partial charge in [0.05, 0.1) is 6.10 Å². The van der Waals surface area contributed by atoms with E-state index in [2.05, 4.69) is 31.0 Å². The van der Waals surface area contributed by atoms with Crippen LogP contribution in [0.1, 0.15) is 40.0 Å². The Bertz CT molecular complexity index is 234. The average molecular weight is 240 g/mol. The topological polar surface area (TPSA) is 24.5 Å². The molecule has 2 aliphatic rings. The monoisotopic (exact) mass is 240 g/mol. The molecule has 3 heteroatoms. The van der Waals surface area contributed by atoms with Crippen molar-refractivity contribution in [3.8, 4) is 0 Å². The van der Waals surface area contributed by atoms with Crippen LogP contribution < -0.4 is 5.32 Å². The van der Waals surface area contributed by atoms with Gasteiger partial charge in [0.1, 0.15) is 0 Å². The Hall–Kier alpha value is -0.120. The molecule has 1 saturated heterocycles. The first-order valence-electron chi connectivity index (χ1n) is 7.22. The summed E-state index contributed by atoms with van der Waals surface area (Å²) in [5.41, 5.74) is 0.336. The molecular weight excluding hydrogens is 212 g/mol. The molecule has 1 saturated carbocycles. The van der Waals surface area contributed by atoms with Crippen LogP contribution in [-0.2, 0) is 4.74 Å². The van der Waals surface area contributed by atoms with Crippen LogP contribution in [0.2, 0.25) is 0 Å². The van der Waals surface area contributed by atoms with Crippen LogP contribution in [-0.4, -0.2) is 49.8 Å². The Labute approximate surface area is 106 Å². The molecule has 0 spiro atoms. The summed E-state index contributed by atoms with van der Waals surface area (Å²) in [7, 11) is 0. The third-order valence-electron chi connectivity index (χ3n) is 4.53. The fourth-order valence-electron chi connectivity index (χ4n) is 3.33. The first kappa shape index (κ1) is 13.3. The van der Waals surface area contributed by atoms with Gasteiger partial charge in [-0.05, 0) is 52.4 Å². The maximum Gasteiger partial charge on any atom is 0.0655 e. The van der Waals surface area contributed by atoms with Gasteiger partial charge < -0.3 is 10.1 Å². The number of nitrogens with zero attached hydrogens (tertiary/aromatic N) is 1. The van der Waals surface area contributed by atoms with Crippen LogP contribution in [0.15, 0.2) is 0 Å². The first-order chi connectivity index (χ1) is 8.16. The fourth-order valence-corrected chi connectivity index (χ4v) is 3.33. The van der Waals surface area contributed by atoms with Crippen molar-refractivity contribution in [1.29, 1.82) is 0 Å². The van der Waals surface area contributed by atoms with E-state index in [1.807, 2.05) is 0 Å². The molecule has 100 valence electrons. The molecule has 2 rings (SSSR count). The molecule has 0 bridgehead atoms. The number of nitrogens with one attached hydrogen (secondary N) is 1. The second-order valence-electron chi connectivity index (χ2n) is 6.01. The van der Waals surface area contributed by atoms with Crippen LogP contribution >= 0.6 is 0 Å². The highest BCUT2D eigenvalue weighted by Gasteiger charge is 2.51. The van der Waals surface area contributed by atoms with Crippen molar-refractivity contribution in [2.75, 3.05) is 32.8 Å². The van der Waals surface area contributed by atoms with E-state index < -0.39 is 0 Å². The molecule has 0 amide bonds. The minimum absolute atomic E-state index is 0.336. The Morgan fingerprint density at radius 2 is 1.88 bits per heavy atom. The molecule has 0 radical (unpaired) electrons. The Balaban J connectivity index is 1.89. The number of ether oxygens (including phenoxy) is 1. The van der Waals surface area contributed by atoms with Gasteiger partial charge in [-0.1, -0.05) is 13.8 Å². The molecule has 1 aliphatic carbocycles. The van der Waals surface area contributed by atoms with Crippen molar-refractivity contribution in [2.45, 2.75) is 52.2 Å². The quantitative estimate of drug-likeness (QED) is 0.815. The average Bonchev–Trinajstić information content (AvgIpc) is 2.25. The van der Waals surface area contributed by atoms with Crippen LogP contribution in [0.3, 0.4) is 0 Å². The van der Waals surface area contributed by atoms with Gasteiger partial charge in [0, 0.05) is 18.1 Å². The van der Waals surface area contributed by atoms with E-state index in [4.69, 9.17) is 4.74 Å². The molecule has 1 N–H and O–H groups in total. The summed E-state index contributed by atoms with van der Waals surface area (Å²) in [5.74, 6) is 0. The van der Waals surface area contributed by atoms with E-state index in [1.165, 1.54) is 45.4 Å². The van der Waals surface area contributed by atoms with E-state index in [-0.39, 0.29) is 0 Å². The van der Waals surface area contributed by atoms with Crippen molar-refractivity contribution in [3.63, 3.8) is 0 Å². The molecule has 0 aromatic rings. The maximum atomic E-state index is 5.83. The lowest BCUT2D eigenvalue weighted by Gasteiger charge is -2.56. The summed E-state index contributed by atoms with van der Waals surface area (Å²) in [6, 6.07) is 0.733. The third-order valence-corrected chi connectivity index (χ3v) is 4.53. The molecule has 17 heavy (non-hydrogen) atoms. The molecule has 1 aliphatic heterocycles. The van der Waals surface area contributed by atoms with Crippen LogP contribution in [0.5, 0.6) is 0 Å². The van der Waals surface area contributed by atoms with Gasteiger partial charge in [0.2, 0.25) is 0 Å². The lowest BCUT2D eigenvalue weighted by Crippen LogP contribution is -2.62. The van der Waals surface area contributed by atoms with Gasteiger partial charge in [0.15, 0.2) is 0 Å². The minimum atomic E-state index is 0.336.